The van der Waals surface area contributed by atoms with E-state index < -0.39 is 0 Å². The molecule has 8 aromatic rings. The first-order valence-electron chi connectivity index (χ1n) is 14.9. The van der Waals surface area contributed by atoms with Crippen LogP contribution in [0.25, 0.3) is 59.1 Å². The van der Waals surface area contributed by atoms with Crippen LogP contribution in [-0.2, 0) is 0 Å². The van der Waals surface area contributed by atoms with Crippen molar-refractivity contribution >= 4 is 65.8 Å². The monoisotopic (exact) mass is 571 g/mol. The normalized spacial score (nSPS) is 11.1. The number of nitriles is 1. The Morgan fingerprint density at radius 3 is 1.96 bits per heavy atom. The molecule has 0 heterocycles. The van der Waals surface area contributed by atoms with Gasteiger partial charge in [0.25, 0.3) is 0 Å². The number of hydrogen-bond acceptors (Lipinski definition) is 2. The summed E-state index contributed by atoms with van der Waals surface area (Å²) in [6.45, 7) is 7.98. The summed E-state index contributed by atoms with van der Waals surface area (Å²) in [6.07, 6.45) is 0. The van der Waals surface area contributed by atoms with E-state index in [0.717, 1.165) is 60.5 Å². The molecule has 0 spiro atoms. The summed E-state index contributed by atoms with van der Waals surface area (Å²) >= 11 is 0. The first kappa shape index (κ1) is 26.2. The van der Waals surface area contributed by atoms with Crippen LogP contribution in [0.4, 0.5) is 22.7 Å². The third kappa shape index (κ3) is 4.35. The van der Waals surface area contributed by atoms with Crippen molar-refractivity contribution in [3.63, 3.8) is 0 Å². The zero-order chi connectivity index (χ0) is 30.3. The van der Waals surface area contributed by atoms with Crippen LogP contribution >= 0.6 is 0 Å². The molecule has 0 aliphatic heterocycles. The second-order valence-corrected chi connectivity index (χ2v) is 11.2. The van der Waals surface area contributed by atoms with E-state index in [9.17, 15) is 5.26 Å². The summed E-state index contributed by atoms with van der Waals surface area (Å²) in [7, 11) is 0. The lowest BCUT2D eigenvalue weighted by Gasteiger charge is -2.27. The van der Waals surface area contributed by atoms with Gasteiger partial charge in [-0.3, -0.25) is 0 Å². The van der Waals surface area contributed by atoms with E-state index in [-0.39, 0.29) is 0 Å². The van der Waals surface area contributed by atoms with Gasteiger partial charge in [-0.25, -0.2) is 4.85 Å². The van der Waals surface area contributed by atoms with E-state index >= 15 is 0 Å². The molecule has 0 aromatic heterocycles. The molecule has 45 heavy (non-hydrogen) atoms. The molecule has 0 amide bonds. The summed E-state index contributed by atoms with van der Waals surface area (Å²) in [5.41, 5.74) is 6.59. The van der Waals surface area contributed by atoms with Crippen molar-refractivity contribution in [2.45, 2.75) is 0 Å². The van der Waals surface area contributed by atoms with Crippen molar-refractivity contribution in [1.82, 2.24) is 0 Å². The molecule has 0 aliphatic carbocycles. The predicted molar refractivity (Wildman–Crippen MR) is 188 cm³/mol. The molecular weight excluding hydrogens is 546 g/mol. The minimum absolute atomic E-state index is 0.585. The number of benzene rings is 8. The number of rotatable bonds is 4. The third-order valence-electron chi connectivity index (χ3n) is 8.66. The van der Waals surface area contributed by atoms with Crippen LogP contribution in [0.1, 0.15) is 5.56 Å². The minimum Gasteiger partial charge on any atom is -0.310 e. The molecule has 208 valence electrons. The second-order valence-electron chi connectivity index (χ2n) is 11.2. The minimum atomic E-state index is 0.585. The van der Waals surface area contributed by atoms with E-state index in [0.29, 0.717) is 11.3 Å². The molecule has 3 heteroatoms. The van der Waals surface area contributed by atoms with Gasteiger partial charge >= 0.3 is 0 Å². The van der Waals surface area contributed by atoms with E-state index in [2.05, 4.69) is 131 Å². The van der Waals surface area contributed by atoms with E-state index in [4.69, 9.17) is 6.57 Å². The fourth-order valence-corrected chi connectivity index (χ4v) is 6.54. The van der Waals surface area contributed by atoms with Gasteiger partial charge in [0.2, 0.25) is 5.69 Å². The van der Waals surface area contributed by atoms with E-state index in [1.54, 1.807) is 0 Å². The predicted octanol–water partition coefficient (Wildman–Crippen LogP) is 11.9. The van der Waals surface area contributed by atoms with Crippen molar-refractivity contribution in [3.8, 4) is 17.2 Å². The molecule has 0 saturated carbocycles. The van der Waals surface area contributed by atoms with Crippen molar-refractivity contribution in [3.05, 3.63) is 169 Å². The van der Waals surface area contributed by atoms with Gasteiger partial charge < -0.3 is 4.90 Å². The lowest BCUT2D eigenvalue weighted by molar-refractivity contribution is 1.30. The highest BCUT2D eigenvalue weighted by atomic mass is 15.1. The van der Waals surface area contributed by atoms with Crippen LogP contribution in [0.15, 0.2) is 152 Å². The Balaban J connectivity index is 1.26. The highest BCUT2D eigenvalue weighted by Gasteiger charge is 2.17. The van der Waals surface area contributed by atoms with Crippen molar-refractivity contribution in [1.29, 1.82) is 5.26 Å². The van der Waals surface area contributed by atoms with Crippen LogP contribution in [0.5, 0.6) is 0 Å². The van der Waals surface area contributed by atoms with Gasteiger partial charge in [-0.15, -0.1) is 0 Å². The first-order chi connectivity index (χ1) is 22.2. The molecule has 8 rings (SSSR count). The lowest BCUT2D eigenvalue weighted by Crippen LogP contribution is -2.10. The number of anilines is 3. The summed E-state index contributed by atoms with van der Waals surface area (Å²) in [5.74, 6) is 0. The molecule has 0 aliphatic rings. The highest BCUT2D eigenvalue weighted by Crippen LogP contribution is 2.42. The van der Waals surface area contributed by atoms with Crippen molar-refractivity contribution in [2.24, 2.45) is 0 Å². The highest BCUT2D eigenvalue weighted by molar-refractivity contribution is 6.16. The Bertz CT molecular complexity index is 2510. The van der Waals surface area contributed by atoms with Gasteiger partial charge in [-0.05, 0) is 85.2 Å². The zero-order valence-corrected chi connectivity index (χ0v) is 24.3. The molecule has 0 saturated heterocycles. The average Bonchev–Trinajstić information content (AvgIpc) is 3.10. The molecular formula is C42H25N3. The molecule has 0 unspecified atom stereocenters. The standard InChI is InChI=1S/C42H25N3/c1-44-42-38-16-8-7-15-36(38)40(27-43)37-23-21-32(26-39(37)42)29-18-19-31-25-34(22-20-30(31)24-29)45(33-12-3-2-4-13-33)41-17-9-11-28-10-5-6-14-35(28)41/h2-26H. The van der Waals surface area contributed by atoms with Crippen LogP contribution in [0, 0.1) is 17.9 Å². The quantitative estimate of drug-likeness (QED) is 0.155. The van der Waals surface area contributed by atoms with Gasteiger partial charge in [-0.2, -0.15) is 5.26 Å². The summed E-state index contributed by atoms with van der Waals surface area (Å²) in [4.78, 5) is 6.24. The average molecular weight is 572 g/mol. The van der Waals surface area contributed by atoms with Crippen LogP contribution < -0.4 is 4.90 Å². The van der Waals surface area contributed by atoms with Gasteiger partial charge in [-0.1, -0.05) is 115 Å². The molecule has 3 nitrogen and oxygen atoms in total. The maximum atomic E-state index is 10.0. The fraction of sp³-hybridized carbons (Fsp3) is 0. The van der Waals surface area contributed by atoms with Gasteiger partial charge in [0.05, 0.1) is 17.8 Å². The number of para-hydroxylation sites is 1. The van der Waals surface area contributed by atoms with Gasteiger partial charge in [0.15, 0.2) is 0 Å². The van der Waals surface area contributed by atoms with Crippen LogP contribution in [0.2, 0.25) is 0 Å². The SMILES string of the molecule is [C-]#[N+]c1c2ccccc2c(C#N)c2ccc(-c3ccc4cc(N(c5ccccc5)c5cccc6ccccc56)ccc4c3)cc12. The van der Waals surface area contributed by atoms with Crippen molar-refractivity contribution in [2.75, 3.05) is 4.90 Å². The molecule has 0 atom stereocenters. The molecule has 0 N–H and O–H groups in total. The van der Waals surface area contributed by atoms with Crippen molar-refractivity contribution < 1.29 is 0 Å². The Labute approximate surface area is 261 Å². The second kappa shape index (κ2) is 10.7. The van der Waals surface area contributed by atoms with Crippen LogP contribution in [-0.4, -0.2) is 0 Å². The lowest BCUT2D eigenvalue weighted by atomic mass is 9.92. The maximum Gasteiger partial charge on any atom is 0.202 e. The summed E-state index contributed by atoms with van der Waals surface area (Å²) in [6, 6.07) is 54.7. The number of nitrogens with zero attached hydrogens (tertiary/aromatic N) is 3. The third-order valence-corrected chi connectivity index (χ3v) is 8.66. The Kier molecular flexibility index (Phi) is 6.23. The number of hydrogen-bond donors (Lipinski definition) is 0. The topological polar surface area (TPSA) is 31.4 Å². The summed E-state index contributed by atoms with van der Waals surface area (Å²) in [5, 5.41) is 17.9. The fourth-order valence-electron chi connectivity index (χ4n) is 6.54. The van der Waals surface area contributed by atoms with E-state index in [1.165, 1.54) is 10.8 Å². The Hall–Kier alpha value is -6.42. The Morgan fingerprint density at radius 2 is 1.13 bits per heavy atom. The molecule has 0 bridgehead atoms. The van der Waals surface area contributed by atoms with Gasteiger partial charge in [0, 0.05) is 16.8 Å². The largest absolute Gasteiger partial charge is 0.310 e. The van der Waals surface area contributed by atoms with Crippen LogP contribution in [0.3, 0.4) is 0 Å². The molecule has 0 radical (unpaired) electrons. The Morgan fingerprint density at radius 1 is 0.489 bits per heavy atom. The molecule has 0 fully saturated rings. The first-order valence-corrected chi connectivity index (χ1v) is 14.9. The zero-order valence-electron chi connectivity index (χ0n) is 24.3. The van der Waals surface area contributed by atoms with E-state index in [1.807, 2.05) is 36.4 Å². The summed E-state index contributed by atoms with van der Waals surface area (Å²) < 4.78 is 0. The molecule has 8 aromatic carbocycles. The number of fused-ring (bicyclic) bond motifs is 4. The van der Waals surface area contributed by atoms with Gasteiger partial charge in [0.1, 0.15) is 6.07 Å². The maximum absolute atomic E-state index is 10.0. The smallest absolute Gasteiger partial charge is 0.202 e.